The van der Waals surface area contributed by atoms with Crippen molar-refractivity contribution in [2.24, 2.45) is 0 Å². The zero-order valence-corrected chi connectivity index (χ0v) is 12.8. The van der Waals surface area contributed by atoms with E-state index in [1.807, 2.05) is 11.4 Å². The summed E-state index contributed by atoms with van der Waals surface area (Å²) in [6, 6.07) is 9.74. The molecule has 1 heterocycles. The van der Waals surface area contributed by atoms with Gasteiger partial charge in [-0.25, -0.2) is 0 Å². The van der Waals surface area contributed by atoms with Gasteiger partial charge in [-0.1, -0.05) is 38.1 Å². The first kappa shape index (κ1) is 16.0. The summed E-state index contributed by atoms with van der Waals surface area (Å²) in [5, 5.41) is 5.16. The molecule has 0 aliphatic rings. The summed E-state index contributed by atoms with van der Waals surface area (Å²) in [6.45, 7) is 5.01. The van der Waals surface area contributed by atoms with Gasteiger partial charge in [0.2, 0.25) is 0 Å². The zero-order valence-electron chi connectivity index (χ0n) is 12.0. The molecule has 0 bridgehead atoms. The summed E-state index contributed by atoms with van der Waals surface area (Å²) in [6.07, 6.45) is -4.30. The Labute approximate surface area is 126 Å². The van der Waals surface area contributed by atoms with Crippen molar-refractivity contribution in [3.63, 3.8) is 0 Å². The van der Waals surface area contributed by atoms with Crippen molar-refractivity contribution in [1.29, 1.82) is 0 Å². The van der Waals surface area contributed by atoms with Gasteiger partial charge in [0.15, 0.2) is 0 Å². The molecule has 1 aromatic heterocycles. The number of rotatable bonds is 5. The van der Waals surface area contributed by atoms with Crippen LogP contribution in [0.1, 0.15) is 29.9 Å². The molecule has 0 atom stereocenters. The van der Waals surface area contributed by atoms with Gasteiger partial charge in [0.25, 0.3) is 0 Å². The molecule has 2 aromatic rings. The molecule has 0 radical (unpaired) electrons. The Morgan fingerprint density at radius 3 is 2.38 bits per heavy atom. The molecule has 0 saturated heterocycles. The SMILES string of the molecule is CC(C)(CNCc1ccccc1C(F)(F)F)c1cccs1. The van der Waals surface area contributed by atoms with E-state index >= 15 is 0 Å². The van der Waals surface area contributed by atoms with Crippen LogP contribution in [0.5, 0.6) is 0 Å². The summed E-state index contributed by atoms with van der Waals surface area (Å²) in [7, 11) is 0. The summed E-state index contributed by atoms with van der Waals surface area (Å²) in [4.78, 5) is 1.22. The lowest BCUT2D eigenvalue weighted by atomic mass is 9.91. The van der Waals surface area contributed by atoms with Crippen LogP contribution < -0.4 is 5.32 Å². The van der Waals surface area contributed by atoms with E-state index in [2.05, 4.69) is 25.2 Å². The molecule has 1 nitrogen and oxygen atoms in total. The minimum atomic E-state index is -4.30. The lowest BCUT2D eigenvalue weighted by Crippen LogP contribution is -2.32. The van der Waals surface area contributed by atoms with Crippen LogP contribution in [0, 0.1) is 0 Å². The van der Waals surface area contributed by atoms with Crippen molar-refractivity contribution in [3.8, 4) is 0 Å². The molecule has 0 aliphatic carbocycles. The van der Waals surface area contributed by atoms with E-state index in [4.69, 9.17) is 0 Å². The average Bonchev–Trinajstić information content (AvgIpc) is 2.92. The van der Waals surface area contributed by atoms with Crippen molar-refractivity contribution in [3.05, 3.63) is 57.8 Å². The molecule has 0 saturated carbocycles. The fourth-order valence-corrected chi connectivity index (χ4v) is 3.06. The number of hydrogen-bond acceptors (Lipinski definition) is 2. The standard InChI is InChI=1S/C16H18F3NS/c1-15(2,14-8-5-9-21-14)11-20-10-12-6-3-4-7-13(12)16(17,18)19/h3-9,20H,10-11H2,1-2H3. The number of hydrogen-bond donors (Lipinski definition) is 1. The lowest BCUT2D eigenvalue weighted by Gasteiger charge is -2.24. The molecular weight excluding hydrogens is 295 g/mol. The van der Waals surface area contributed by atoms with Crippen LogP contribution in [-0.4, -0.2) is 6.54 Å². The predicted octanol–water partition coefficient (Wildman–Crippen LogP) is 4.83. The van der Waals surface area contributed by atoms with Gasteiger partial charge >= 0.3 is 6.18 Å². The van der Waals surface area contributed by atoms with Crippen LogP contribution >= 0.6 is 11.3 Å². The van der Waals surface area contributed by atoms with Gasteiger partial charge in [0, 0.05) is 23.4 Å². The van der Waals surface area contributed by atoms with Gasteiger partial charge < -0.3 is 5.32 Å². The van der Waals surface area contributed by atoms with E-state index in [9.17, 15) is 13.2 Å². The fourth-order valence-electron chi connectivity index (χ4n) is 2.21. The van der Waals surface area contributed by atoms with E-state index in [0.717, 1.165) is 6.07 Å². The molecule has 0 fully saturated rings. The average molecular weight is 313 g/mol. The van der Waals surface area contributed by atoms with E-state index in [-0.39, 0.29) is 17.5 Å². The lowest BCUT2D eigenvalue weighted by molar-refractivity contribution is -0.138. The van der Waals surface area contributed by atoms with E-state index < -0.39 is 11.7 Å². The molecule has 1 N–H and O–H groups in total. The summed E-state index contributed by atoms with van der Waals surface area (Å²) in [5.41, 5.74) is -0.375. The monoisotopic (exact) mass is 313 g/mol. The Bertz CT molecular complexity index is 573. The molecule has 0 aliphatic heterocycles. The van der Waals surface area contributed by atoms with Crippen molar-refractivity contribution in [2.45, 2.75) is 32.0 Å². The maximum Gasteiger partial charge on any atom is 0.416 e. The molecule has 0 unspecified atom stereocenters. The molecule has 1 aromatic carbocycles. The third-order valence-electron chi connectivity index (χ3n) is 3.39. The van der Waals surface area contributed by atoms with Crippen molar-refractivity contribution in [2.75, 3.05) is 6.54 Å². The summed E-state index contributed by atoms with van der Waals surface area (Å²) < 4.78 is 38.7. The Kier molecular flexibility index (Phi) is 4.74. The first-order valence-corrected chi connectivity index (χ1v) is 7.58. The van der Waals surface area contributed by atoms with Crippen molar-refractivity contribution in [1.82, 2.24) is 5.32 Å². The Morgan fingerprint density at radius 1 is 1.05 bits per heavy atom. The van der Waals surface area contributed by atoms with Crippen molar-refractivity contribution < 1.29 is 13.2 Å². The topological polar surface area (TPSA) is 12.0 Å². The van der Waals surface area contributed by atoms with Crippen LogP contribution in [0.25, 0.3) is 0 Å². The second-order valence-electron chi connectivity index (χ2n) is 5.62. The minimum absolute atomic E-state index is 0.0959. The highest BCUT2D eigenvalue weighted by Gasteiger charge is 2.32. The Balaban J connectivity index is 2.02. The zero-order chi connectivity index (χ0) is 15.5. The van der Waals surface area contributed by atoms with Crippen LogP contribution in [0.3, 0.4) is 0 Å². The summed E-state index contributed by atoms with van der Waals surface area (Å²) >= 11 is 1.66. The third-order valence-corrected chi connectivity index (χ3v) is 4.63. The van der Waals surface area contributed by atoms with Crippen LogP contribution in [0.15, 0.2) is 41.8 Å². The van der Waals surface area contributed by atoms with E-state index in [0.29, 0.717) is 6.54 Å². The second-order valence-corrected chi connectivity index (χ2v) is 6.57. The second kappa shape index (κ2) is 6.20. The van der Waals surface area contributed by atoms with Gasteiger partial charge in [0.05, 0.1) is 5.56 Å². The Hall–Kier alpha value is -1.33. The fraction of sp³-hybridized carbons (Fsp3) is 0.375. The normalized spacial score (nSPS) is 12.6. The Morgan fingerprint density at radius 2 is 1.76 bits per heavy atom. The summed E-state index contributed by atoms with van der Waals surface area (Å²) in [5.74, 6) is 0. The third kappa shape index (κ3) is 4.08. The van der Waals surface area contributed by atoms with Gasteiger partial charge in [-0.3, -0.25) is 0 Å². The van der Waals surface area contributed by atoms with E-state index in [1.165, 1.54) is 17.0 Å². The number of nitrogens with one attached hydrogen (secondary N) is 1. The van der Waals surface area contributed by atoms with Crippen LogP contribution in [0.4, 0.5) is 13.2 Å². The smallest absolute Gasteiger partial charge is 0.312 e. The largest absolute Gasteiger partial charge is 0.416 e. The van der Waals surface area contributed by atoms with Gasteiger partial charge in [-0.2, -0.15) is 13.2 Å². The molecule has 5 heteroatoms. The van der Waals surface area contributed by atoms with Crippen molar-refractivity contribution >= 4 is 11.3 Å². The molecule has 2 rings (SSSR count). The minimum Gasteiger partial charge on any atom is -0.312 e. The molecule has 114 valence electrons. The molecule has 0 amide bonds. The number of halogens is 3. The first-order chi connectivity index (χ1) is 9.81. The van der Waals surface area contributed by atoms with Gasteiger partial charge in [0.1, 0.15) is 0 Å². The molecular formula is C16H18F3NS. The maximum atomic E-state index is 12.9. The number of thiophene rings is 1. The highest BCUT2D eigenvalue weighted by atomic mass is 32.1. The van der Waals surface area contributed by atoms with E-state index in [1.54, 1.807) is 17.4 Å². The quantitative estimate of drug-likeness (QED) is 0.833. The van der Waals surface area contributed by atoms with Gasteiger partial charge in [-0.05, 0) is 23.1 Å². The highest BCUT2D eigenvalue weighted by molar-refractivity contribution is 7.10. The van der Waals surface area contributed by atoms with Crippen LogP contribution in [0.2, 0.25) is 0 Å². The number of benzene rings is 1. The molecule has 21 heavy (non-hydrogen) atoms. The van der Waals surface area contributed by atoms with Gasteiger partial charge in [-0.15, -0.1) is 11.3 Å². The first-order valence-electron chi connectivity index (χ1n) is 6.70. The maximum absolute atomic E-state index is 12.9. The molecule has 0 spiro atoms. The number of alkyl halides is 3. The predicted molar refractivity (Wildman–Crippen MR) is 80.5 cm³/mol. The highest BCUT2D eigenvalue weighted by Crippen LogP contribution is 2.32. The van der Waals surface area contributed by atoms with Crippen LogP contribution in [-0.2, 0) is 18.1 Å².